The van der Waals surface area contributed by atoms with E-state index in [1.54, 1.807) is 0 Å². The summed E-state index contributed by atoms with van der Waals surface area (Å²) in [6.07, 6.45) is 6.29. The first kappa shape index (κ1) is 12.7. The molecule has 0 radical (unpaired) electrons. The van der Waals surface area contributed by atoms with Gasteiger partial charge in [-0.05, 0) is 38.6 Å². The van der Waals surface area contributed by atoms with Crippen molar-refractivity contribution in [3.8, 4) is 0 Å². The molecular formula is C13H25NO. The maximum absolute atomic E-state index is 5.68. The lowest BCUT2D eigenvalue weighted by atomic mass is 9.99. The lowest BCUT2D eigenvalue weighted by molar-refractivity contribution is 0.0947. The fourth-order valence-corrected chi connectivity index (χ4v) is 2.17. The zero-order chi connectivity index (χ0) is 11.1. The quantitative estimate of drug-likeness (QED) is 0.654. The second-order valence-electron chi connectivity index (χ2n) is 4.43. The smallest absolute Gasteiger partial charge is 0.0590 e. The summed E-state index contributed by atoms with van der Waals surface area (Å²) in [4.78, 5) is 0. The Bertz CT molecular complexity index is 185. The van der Waals surface area contributed by atoms with Gasteiger partial charge >= 0.3 is 0 Å². The van der Waals surface area contributed by atoms with Gasteiger partial charge in [-0.15, -0.1) is 0 Å². The minimum absolute atomic E-state index is 0.485. The molecule has 0 saturated carbocycles. The van der Waals surface area contributed by atoms with Gasteiger partial charge in [-0.1, -0.05) is 26.0 Å². The van der Waals surface area contributed by atoms with Crippen LogP contribution in [0.4, 0.5) is 0 Å². The minimum atomic E-state index is 0.485. The van der Waals surface area contributed by atoms with Gasteiger partial charge in [0.15, 0.2) is 0 Å². The van der Waals surface area contributed by atoms with Gasteiger partial charge in [0.25, 0.3) is 0 Å². The van der Waals surface area contributed by atoms with Crippen molar-refractivity contribution in [2.24, 2.45) is 0 Å². The average Bonchev–Trinajstić information content (AvgIpc) is 2.70. The summed E-state index contributed by atoms with van der Waals surface area (Å²) in [6, 6.07) is 0.561. The summed E-state index contributed by atoms with van der Waals surface area (Å²) in [7, 11) is 0. The molecule has 0 aliphatic carbocycles. The lowest BCUT2D eigenvalue weighted by Crippen LogP contribution is -2.32. The van der Waals surface area contributed by atoms with Crippen LogP contribution in [0.2, 0.25) is 0 Å². The zero-order valence-corrected chi connectivity index (χ0v) is 10.2. The highest BCUT2D eigenvalue weighted by Gasteiger charge is 2.20. The molecule has 1 N–H and O–H groups in total. The summed E-state index contributed by atoms with van der Waals surface area (Å²) in [6.45, 7) is 10.4. The SMILES string of the molecule is C=C(CC)CC(CC1CCCO1)NCC. The molecule has 0 aromatic heterocycles. The van der Waals surface area contributed by atoms with Crippen LogP contribution in [0.15, 0.2) is 12.2 Å². The van der Waals surface area contributed by atoms with Crippen molar-refractivity contribution in [3.63, 3.8) is 0 Å². The van der Waals surface area contributed by atoms with Crippen LogP contribution < -0.4 is 5.32 Å². The Morgan fingerprint density at radius 3 is 2.87 bits per heavy atom. The molecule has 15 heavy (non-hydrogen) atoms. The molecule has 2 nitrogen and oxygen atoms in total. The fraction of sp³-hybridized carbons (Fsp3) is 0.846. The maximum atomic E-state index is 5.68. The number of ether oxygens (including phenoxy) is 1. The third kappa shape index (κ3) is 4.80. The van der Waals surface area contributed by atoms with Gasteiger partial charge in [-0.25, -0.2) is 0 Å². The number of nitrogens with one attached hydrogen (secondary N) is 1. The zero-order valence-electron chi connectivity index (χ0n) is 10.2. The highest BCUT2D eigenvalue weighted by molar-refractivity contribution is 4.97. The predicted molar refractivity (Wildman–Crippen MR) is 65.1 cm³/mol. The van der Waals surface area contributed by atoms with Crippen LogP contribution in [-0.2, 0) is 4.74 Å². The van der Waals surface area contributed by atoms with Gasteiger partial charge in [-0.3, -0.25) is 0 Å². The van der Waals surface area contributed by atoms with E-state index < -0.39 is 0 Å². The molecule has 1 heterocycles. The van der Waals surface area contributed by atoms with Crippen molar-refractivity contribution in [2.45, 2.75) is 58.1 Å². The van der Waals surface area contributed by atoms with E-state index in [0.717, 1.165) is 32.4 Å². The molecule has 1 aliphatic heterocycles. The molecule has 2 heteroatoms. The molecule has 0 aromatic rings. The molecule has 2 atom stereocenters. The summed E-state index contributed by atoms with van der Waals surface area (Å²) >= 11 is 0. The van der Waals surface area contributed by atoms with E-state index in [9.17, 15) is 0 Å². The summed E-state index contributed by atoms with van der Waals surface area (Å²) in [5, 5.41) is 3.53. The summed E-state index contributed by atoms with van der Waals surface area (Å²) < 4.78 is 5.68. The van der Waals surface area contributed by atoms with Gasteiger partial charge in [0.05, 0.1) is 6.10 Å². The van der Waals surface area contributed by atoms with Crippen LogP contribution in [-0.4, -0.2) is 25.3 Å². The molecule has 0 spiro atoms. The standard InChI is InChI=1S/C13H25NO/c1-4-11(3)9-12(14-5-2)10-13-7-6-8-15-13/h12-14H,3-10H2,1-2H3. The van der Waals surface area contributed by atoms with Crippen LogP contribution in [0.5, 0.6) is 0 Å². The Morgan fingerprint density at radius 2 is 2.33 bits per heavy atom. The van der Waals surface area contributed by atoms with Gasteiger partial charge in [0.2, 0.25) is 0 Å². The second-order valence-corrected chi connectivity index (χ2v) is 4.43. The Kier molecular flexibility index (Phi) is 5.96. The highest BCUT2D eigenvalue weighted by atomic mass is 16.5. The number of rotatable bonds is 7. The maximum Gasteiger partial charge on any atom is 0.0590 e. The molecule has 1 aliphatic rings. The second kappa shape index (κ2) is 7.02. The first-order valence-corrected chi connectivity index (χ1v) is 6.27. The molecule has 1 rings (SSSR count). The molecule has 88 valence electrons. The average molecular weight is 211 g/mol. The molecule has 1 saturated heterocycles. The Balaban J connectivity index is 2.31. The van der Waals surface area contributed by atoms with Crippen molar-refractivity contribution in [1.82, 2.24) is 5.32 Å². The molecule has 0 aromatic carbocycles. The van der Waals surface area contributed by atoms with E-state index in [1.165, 1.54) is 18.4 Å². The van der Waals surface area contributed by atoms with Gasteiger partial charge in [0.1, 0.15) is 0 Å². The van der Waals surface area contributed by atoms with Crippen molar-refractivity contribution in [1.29, 1.82) is 0 Å². The van der Waals surface area contributed by atoms with Crippen molar-refractivity contribution in [3.05, 3.63) is 12.2 Å². The van der Waals surface area contributed by atoms with E-state index in [1.807, 2.05) is 0 Å². The Morgan fingerprint density at radius 1 is 1.53 bits per heavy atom. The Hall–Kier alpha value is -0.340. The molecule has 0 amide bonds. The summed E-state index contributed by atoms with van der Waals surface area (Å²) in [5.41, 5.74) is 1.35. The monoisotopic (exact) mass is 211 g/mol. The minimum Gasteiger partial charge on any atom is -0.378 e. The fourth-order valence-electron chi connectivity index (χ4n) is 2.17. The van der Waals surface area contributed by atoms with Crippen LogP contribution >= 0.6 is 0 Å². The summed E-state index contributed by atoms with van der Waals surface area (Å²) in [5.74, 6) is 0. The lowest BCUT2D eigenvalue weighted by Gasteiger charge is -2.21. The Labute approximate surface area is 94.1 Å². The molecule has 0 bridgehead atoms. The van der Waals surface area contributed by atoms with Crippen molar-refractivity contribution in [2.75, 3.05) is 13.2 Å². The molecule has 1 fully saturated rings. The van der Waals surface area contributed by atoms with Gasteiger partial charge in [-0.2, -0.15) is 0 Å². The third-order valence-electron chi connectivity index (χ3n) is 3.10. The first-order valence-electron chi connectivity index (χ1n) is 6.27. The van der Waals surface area contributed by atoms with E-state index >= 15 is 0 Å². The highest BCUT2D eigenvalue weighted by Crippen LogP contribution is 2.20. The predicted octanol–water partition coefficient (Wildman–Crippen LogP) is 2.89. The number of hydrogen-bond acceptors (Lipinski definition) is 2. The first-order chi connectivity index (χ1) is 7.26. The van der Waals surface area contributed by atoms with Gasteiger partial charge in [0, 0.05) is 12.6 Å². The van der Waals surface area contributed by atoms with E-state index in [0.29, 0.717) is 12.1 Å². The van der Waals surface area contributed by atoms with Crippen LogP contribution in [0.25, 0.3) is 0 Å². The normalized spacial score (nSPS) is 22.9. The van der Waals surface area contributed by atoms with Crippen molar-refractivity contribution >= 4 is 0 Å². The third-order valence-corrected chi connectivity index (χ3v) is 3.10. The van der Waals surface area contributed by atoms with E-state index in [-0.39, 0.29) is 0 Å². The molecular weight excluding hydrogens is 186 g/mol. The van der Waals surface area contributed by atoms with E-state index in [2.05, 4.69) is 25.7 Å². The van der Waals surface area contributed by atoms with Crippen LogP contribution in [0, 0.1) is 0 Å². The largest absolute Gasteiger partial charge is 0.378 e. The number of hydrogen-bond donors (Lipinski definition) is 1. The van der Waals surface area contributed by atoms with Crippen LogP contribution in [0.3, 0.4) is 0 Å². The van der Waals surface area contributed by atoms with Gasteiger partial charge < -0.3 is 10.1 Å². The molecule has 2 unspecified atom stereocenters. The van der Waals surface area contributed by atoms with Crippen LogP contribution in [0.1, 0.15) is 46.0 Å². The topological polar surface area (TPSA) is 21.3 Å². The van der Waals surface area contributed by atoms with Crippen molar-refractivity contribution < 1.29 is 4.74 Å². The van der Waals surface area contributed by atoms with E-state index in [4.69, 9.17) is 4.74 Å².